The third kappa shape index (κ3) is 4.34. The number of anilines is 1. The van der Waals surface area contributed by atoms with Crippen molar-refractivity contribution in [3.63, 3.8) is 0 Å². The van der Waals surface area contributed by atoms with E-state index in [0.29, 0.717) is 11.1 Å². The van der Waals surface area contributed by atoms with E-state index < -0.39 is 5.97 Å². The predicted octanol–water partition coefficient (Wildman–Crippen LogP) is 5.52. The van der Waals surface area contributed by atoms with Gasteiger partial charge in [-0.15, -0.1) is 0 Å². The minimum Gasteiger partial charge on any atom is -0.464 e. The highest BCUT2D eigenvalue weighted by molar-refractivity contribution is 6.29. The first-order valence-corrected chi connectivity index (χ1v) is 10.9. The maximum atomic E-state index is 13.3. The van der Waals surface area contributed by atoms with Gasteiger partial charge in [0.1, 0.15) is 5.15 Å². The fourth-order valence-corrected chi connectivity index (χ4v) is 4.19. The van der Waals surface area contributed by atoms with E-state index >= 15 is 0 Å². The molecule has 0 saturated heterocycles. The Balaban J connectivity index is 1.87. The number of benzene rings is 2. The second-order valence-corrected chi connectivity index (χ2v) is 8.35. The molecule has 2 heterocycles. The summed E-state index contributed by atoms with van der Waals surface area (Å²) in [5.41, 5.74) is 4.24. The molecule has 2 aromatic heterocycles. The first-order valence-electron chi connectivity index (χ1n) is 10.5. The number of esters is 1. The Morgan fingerprint density at radius 1 is 1.09 bits per heavy atom. The van der Waals surface area contributed by atoms with Crippen molar-refractivity contribution in [1.82, 2.24) is 9.55 Å². The monoisotopic (exact) mass is 461 g/mol. The first-order chi connectivity index (χ1) is 15.8. The number of pyridine rings is 2. The molecule has 0 amide bonds. The van der Waals surface area contributed by atoms with Crippen molar-refractivity contribution in [3.05, 3.63) is 93.0 Å². The average Bonchev–Trinajstić information content (AvgIpc) is 2.82. The van der Waals surface area contributed by atoms with Crippen LogP contribution in [0.25, 0.3) is 22.0 Å². The molecule has 7 heteroatoms. The number of fused-ring (bicyclic) bond motifs is 1. The molecule has 0 bridgehead atoms. The van der Waals surface area contributed by atoms with Crippen molar-refractivity contribution in [1.29, 1.82) is 0 Å². The molecule has 0 aliphatic carbocycles. The molecule has 0 saturated carbocycles. The zero-order chi connectivity index (χ0) is 23.7. The molecule has 0 fully saturated rings. The molecule has 4 rings (SSSR count). The maximum Gasteiger partial charge on any atom is 0.358 e. The zero-order valence-electron chi connectivity index (χ0n) is 18.8. The van der Waals surface area contributed by atoms with Crippen LogP contribution in [0.2, 0.25) is 5.15 Å². The minimum absolute atomic E-state index is 0.0630. The van der Waals surface area contributed by atoms with Gasteiger partial charge in [-0.3, -0.25) is 4.79 Å². The minimum atomic E-state index is -0.582. The van der Waals surface area contributed by atoms with E-state index in [1.807, 2.05) is 56.3 Å². The van der Waals surface area contributed by atoms with E-state index in [0.717, 1.165) is 27.8 Å². The Bertz CT molecular complexity index is 1410. The third-order valence-corrected chi connectivity index (χ3v) is 5.89. The summed E-state index contributed by atoms with van der Waals surface area (Å²) in [7, 11) is 3.09. The maximum absolute atomic E-state index is 13.3. The van der Waals surface area contributed by atoms with Crippen LogP contribution in [0.5, 0.6) is 0 Å². The Morgan fingerprint density at radius 3 is 2.52 bits per heavy atom. The molecule has 4 aromatic rings. The lowest BCUT2D eigenvalue weighted by Gasteiger charge is -2.21. The molecule has 2 aromatic carbocycles. The van der Waals surface area contributed by atoms with Crippen molar-refractivity contribution in [2.45, 2.75) is 19.9 Å². The number of nitrogens with one attached hydrogen (secondary N) is 1. The number of carbonyl (C=O) groups is 1. The number of rotatable bonds is 5. The van der Waals surface area contributed by atoms with E-state index in [9.17, 15) is 9.59 Å². The predicted molar refractivity (Wildman–Crippen MR) is 132 cm³/mol. The second kappa shape index (κ2) is 9.08. The summed E-state index contributed by atoms with van der Waals surface area (Å²) in [4.78, 5) is 29.6. The number of aromatic nitrogens is 2. The van der Waals surface area contributed by atoms with Gasteiger partial charge in [-0.25, -0.2) is 9.78 Å². The van der Waals surface area contributed by atoms with Gasteiger partial charge in [0.15, 0.2) is 5.69 Å². The number of nitrogens with zero attached hydrogens (tertiary/aromatic N) is 2. The number of hydrogen-bond donors (Lipinski definition) is 1. The summed E-state index contributed by atoms with van der Waals surface area (Å²) in [5, 5.41) is 5.04. The first kappa shape index (κ1) is 22.6. The van der Waals surface area contributed by atoms with E-state index in [1.54, 1.807) is 23.7 Å². The molecule has 0 unspecified atom stereocenters. The topological polar surface area (TPSA) is 73.2 Å². The fraction of sp³-hybridized carbons (Fsp3) is 0.192. The number of hydrogen-bond acceptors (Lipinski definition) is 5. The highest BCUT2D eigenvalue weighted by Gasteiger charge is 2.19. The molecule has 0 radical (unpaired) electrons. The van der Waals surface area contributed by atoms with E-state index in [2.05, 4.69) is 16.4 Å². The summed E-state index contributed by atoms with van der Waals surface area (Å²) in [6, 6.07) is 18.9. The van der Waals surface area contributed by atoms with E-state index in [-0.39, 0.29) is 22.4 Å². The Morgan fingerprint density at radius 2 is 1.82 bits per heavy atom. The number of methoxy groups -OCH3 is 1. The molecule has 0 aliphatic heterocycles. The van der Waals surface area contributed by atoms with Crippen LogP contribution >= 0.6 is 11.6 Å². The zero-order valence-corrected chi connectivity index (χ0v) is 19.6. The van der Waals surface area contributed by atoms with E-state index in [4.69, 9.17) is 16.3 Å². The SMILES string of the molecule is COC(=O)c1nc(Cl)ccc1N[C@H](C)c1cc(C)cc2c(=O)n(C)c(-c3ccccc3)cc12. The molecule has 6 nitrogen and oxygen atoms in total. The number of carbonyl (C=O) groups excluding carboxylic acids is 1. The van der Waals surface area contributed by atoms with Gasteiger partial charge in [0.2, 0.25) is 0 Å². The van der Waals surface area contributed by atoms with Crippen LogP contribution in [0.4, 0.5) is 5.69 Å². The molecule has 1 N–H and O–H groups in total. The van der Waals surface area contributed by atoms with Gasteiger partial charge >= 0.3 is 5.97 Å². The Kier molecular flexibility index (Phi) is 6.20. The van der Waals surface area contributed by atoms with Crippen LogP contribution in [0.15, 0.2) is 65.5 Å². The van der Waals surface area contributed by atoms with Crippen molar-refractivity contribution < 1.29 is 9.53 Å². The molecule has 168 valence electrons. The smallest absolute Gasteiger partial charge is 0.358 e. The van der Waals surface area contributed by atoms with Gasteiger partial charge in [-0.1, -0.05) is 48.0 Å². The summed E-state index contributed by atoms with van der Waals surface area (Å²) in [6.45, 7) is 3.94. The summed E-state index contributed by atoms with van der Waals surface area (Å²) in [5.74, 6) is -0.582. The molecular weight excluding hydrogens is 438 g/mol. The third-order valence-electron chi connectivity index (χ3n) is 5.68. The van der Waals surface area contributed by atoms with Gasteiger partial charge in [0.25, 0.3) is 5.56 Å². The highest BCUT2D eigenvalue weighted by atomic mass is 35.5. The van der Waals surface area contributed by atoms with Crippen LogP contribution < -0.4 is 10.9 Å². The van der Waals surface area contributed by atoms with Crippen LogP contribution in [-0.4, -0.2) is 22.6 Å². The fourth-order valence-electron chi connectivity index (χ4n) is 4.05. The molecule has 0 aliphatic rings. The van der Waals surface area contributed by atoms with Crippen molar-refractivity contribution >= 4 is 34.0 Å². The number of ether oxygens (including phenoxy) is 1. The van der Waals surface area contributed by atoms with E-state index in [1.165, 1.54) is 7.11 Å². The van der Waals surface area contributed by atoms with Crippen LogP contribution in [0, 0.1) is 6.92 Å². The largest absolute Gasteiger partial charge is 0.464 e. The summed E-state index contributed by atoms with van der Waals surface area (Å²) in [6.07, 6.45) is 0. The number of halogens is 1. The quantitative estimate of drug-likeness (QED) is 0.313. The Hall–Kier alpha value is -3.64. The normalized spacial score (nSPS) is 11.9. The number of aryl methyl sites for hydroxylation is 1. The van der Waals surface area contributed by atoms with Crippen LogP contribution in [0.1, 0.15) is 34.6 Å². The lowest BCUT2D eigenvalue weighted by Crippen LogP contribution is -2.20. The molecule has 1 atom stereocenters. The van der Waals surface area contributed by atoms with Gasteiger partial charge in [0.05, 0.1) is 18.5 Å². The molecule has 33 heavy (non-hydrogen) atoms. The lowest BCUT2D eigenvalue weighted by atomic mass is 9.96. The molecular formula is C26H24ClN3O3. The average molecular weight is 462 g/mol. The van der Waals surface area contributed by atoms with Crippen LogP contribution in [-0.2, 0) is 11.8 Å². The lowest BCUT2D eigenvalue weighted by molar-refractivity contribution is 0.0595. The van der Waals surface area contributed by atoms with Gasteiger partial charge in [-0.2, -0.15) is 0 Å². The van der Waals surface area contributed by atoms with Gasteiger partial charge in [-0.05, 0) is 60.2 Å². The summed E-state index contributed by atoms with van der Waals surface area (Å²) < 4.78 is 6.54. The highest BCUT2D eigenvalue weighted by Crippen LogP contribution is 2.31. The van der Waals surface area contributed by atoms with Crippen molar-refractivity contribution in [2.75, 3.05) is 12.4 Å². The standard InChI is InChI=1S/C26H24ClN3O3/c1-15-12-18(16(2)28-21-10-11-23(27)29-24(21)26(32)33-4)19-14-22(17-8-6-5-7-9-17)30(3)25(31)20(19)13-15/h5-14,16,28H,1-4H3/t16-/m1/s1. The molecule has 0 spiro atoms. The second-order valence-electron chi connectivity index (χ2n) is 7.96. The van der Waals surface area contributed by atoms with Crippen molar-refractivity contribution in [3.8, 4) is 11.3 Å². The van der Waals surface area contributed by atoms with Crippen LogP contribution in [0.3, 0.4) is 0 Å². The van der Waals surface area contributed by atoms with Gasteiger partial charge < -0.3 is 14.6 Å². The summed E-state index contributed by atoms with van der Waals surface area (Å²) >= 11 is 5.99. The Labute approximate surface area is 196 Å². The van der Waals surface area contributed by atoms with Crippen molar-refractivity contribution in [2.24, 2.45) is 7.05 Å². The van der Waals surface area contributed by atoms with Gasteiger partial charge in [0, 0.05) is 18.5 Å².